The Morgan fingerprint density at radius 2 is 1.82 bits per heavy atom. The van der Waals surface area contributed by atoms with Gasteiger partial charge in [0.05, 0.1) is 0 Å². The van der Waals surface area contributed by atoms with E-state index < -0.39 is 0 Å². The van der Waals surface area contributed by atoms with Crippen molar-refractivity contribution in [1.29, 1.82) is 0 Å². The van der Waals surface area contributed by atoms with E-state index in [1.54, 1.807) is 18.5 Å². The highest BCUT2D eigenvalue weighted by Crippen LogP contribution is 2.30. The van der Waals surface area contributed by atoms with Gasteiger partial charge in [-0.2, -0.15) is 0 Å². The standard InChI is InChI=1S/C29H27ClN6O3/c30-23-15-21(20-5-3-10-31-18-20)14-22(16-23)28-34-33-26(39-28)17-27(37)35-11-8-24(9-12-35)36-13-7-19-4-1-2-6-25(19)32-29(36)38/h1-6,10,14-16,18,24H,7-9,11-13,17H2,(H,32,38). The van der Waals surface area contributed by atoms with E-state index >= 15 is 0 Å². The van der Waals surface area contributed by atoms with Crippen LogP contribution in [-0.4, -0.2) is 62.6 Å². The van der Waals surface area contributed by atoms with Gasteiger partial charge in [-0.3, -0.25) is 9.78 Å². The summed E-state index contributed by atoms with van der Waals surface area (Å²) in [6.07, 6.45) is 5.75. The first kappa shape index (κ1) is 25.1. The van der Waals surface area contributed by atoms with E-state index in [1.165, 1.54) is 0 Å². The van der Waals surface area contributed by atoms with Crippen molar-refractivity contribution in [2.75, 3.05) is 25.0 Å². The number of anilines is 1. The van der Waals surface area contributed by atoms with E-state index in [0.29, 0.717) is 36.1 Å². The van der Waals surface area contributed by atoms with Gasteiger partial charge in [0.15, 0.2) is 0 Å². The minimum atomic E-state index is -0.0733. The minimum absolute atomic E-state index is 0.0210. The highest BCUT2D eigenvalue weighted by atomic mass is 35.5. The van der Waals surface area contributed by atoms with Gasteiger partial charge in [-0.1, -0.05) is 35.9 Å². The third kappa shape index (κ3) is 5.49. The number of amides is 3. The van der Waals surface area contributed by atoms with Crippen LogP contribution in [-0.2, 0) is 17.6 Å². The van der Waals surface area contributed by atoms with Gasteiger partial charge in [-0.15, -0.1) is 10.2 Å². The molecule has 1 N–H and O–H groups in total. The highest BCUT2D eigenvalue weighted by Gasteiger charge is 2.31. The molecule has 2 aromatic carbocycles. The number of para-hydroxylation sites is 1. The zero-order valence-electron chi connectivity index (χ0n) is 21.2. The number of nitrogens with one attached hydrogen (secondary N) is 1. The number of urea groups is 1. The number of likely N-dealkylation sites (tertiary alicyclic amines) is 1. The SMILES string of the molecule is O=C(Cc1nnc(-c2cc(Cl)cc(-c3cccnc3)c2)o1)N1CCC(N2CCc3ccccc3NC2=O)CC1. The second-order valence-electron chi connectivity index (χ2n) is 9.79. The van der Waals surface area contributed by atoms with E-state index in [4.69, 9.17) is 16.0 Å². The van der Waals surface area contributed by atoms with Crippen molar-refractivity contribution >= 4 is 29.2 Å². The third-order valence-corrected chi connectivity index (χ3v) is 7.53. The number of nitrogens with zero attached hydrogens (tertiary/aromatic N) is 5. The summed E-state index contributed by atoms with van der Waals surface area (Å²) in [5.74, 6) is 0.487. The summed E-state index contributed by atoms with van der Waals surface area (Å²) >= 11 is 6.35. The molecule has 198 valence electrons. The fraction of sp³-hybridized carbons (Fsp3) is 0.276. The lowest BCUT2D eigenvalue weighted by Gasteiger charge is -2.37. The van der Waals surface area contributed by atoms with Crippen LogP contribution in [0.4, 0.5) is 10.5 Å². The molecule has 9 nitrogen and oxygen atoms in total. The molecule has 39 heavy (non-hydrogen) atoms. The van der Waals surface area contributed by atoms with Gasteiger partial charge in [0.25, 0.3) is 0 Å². The number of aromatic nitrogens is 3. The van der Waals surface area contributed by atoms with Gasteiger partial charge in [-0.05, 0) is 60.7 Å². The predicted molar refractivity (Wildman–Crippen MR) is 147 cm³/mol. The topological polar surface area (TPSA) is 104 Å². The molecule has 0 atom stereocenters. The fourth-order valence-corrected chi connectivity index (χ4v) is 5.50. The number of halogens is 1. The quantitative estimate of drug-likeness (QED) is 0.377. The molecule has 0 unspecified atom stereocenters. The molecule has 1 saturated heterocycles. The summed E-state index contributed by atoms with van der Waals surface area (Å²) in [4.78, 5) is 33.8. The molecule has 4 heterocycles. The van der Waals surface area contributed by atoms with Crippen LogP contribution >= 0.6 is 11.6 Å². The monoisotopic (exact) mass is 542 g/mol. The largest absolute Gasteiger partial charge is 0.420 e. The molecule has 4 aromatic rings. The normalized spacial score (nSPS) is 16.0. The van der Waals surface area contributed by atoms with Crippen LogP contribution in [0, 0.1) is 0 Å². The third-order valence-electron chi connectivity index (χ3n) is 7.31. The molecule has 2 aliphatic rings. The number of carbonyl (C=O) groups is 2. The average molecular weight is 543 g/mol. The lowest BCUT2D eigenvalue weighted by molar-refractivity contribution is -0.132. The van der Waals surface area contributed by atoms with Crippen LogP contribution in [0.5, 0.6) is 0 Å². The van der Waals surface area contributed by atoms with Crippen LogP contribution in [0.1, 0.15) is 24.3 Å². The van der Waals surface area contributed by atoms with Gasteiger partial charge >= 0.3 is 6.03 Å². The molecule has 2 aliphatic heterocycles. The molecule has 0 radical (unpaired) electrons. The van der Waals surface area contributed by atoms with Gasteiger partial charge in [-0.25, -0.2) is 4.79 Å². The Morgan fingerprint density at radius 3 is 2.64 bits per heavy atom. The van der Waals surface area contributed by atoms with E-state index in [2.05, 4.69) is 26.6 Å². The van der Waals surface area contributed by atoms with Crippen molar-refractivity contribution < 1.29 is 14.0 Å². The highest BCUT2D eigenvalue weighted by molar-refractivity contribution is 6.31. The van der Waals surface area contributed by atoms with Crippen LogP contribution in [0.3, 0.4) is 0 Å². The van der Waals surface area contributed by atoms with Crippen LogP contribution in [0.2, 0.25) is 5.02 Å². The second-order valence-corrected chi connectivity index (χ2v) is 10.2. The number of benzene rings is 2. The van der Waals surface area contributed by atoms with E-state index in [9.17, 15) is 9.59 Å². The zero-order valence-corrected chi connectivity index (χ0v) is 22.0. The molecular weight excluding hydrogens is 516 g/mol. The molecule has 0 bridgehead atoms. The molecular formula is C29H27ClN6O3. The van der Waals surface area contributed by atoms with E-state index in [-0.39, 0.29) is 30.3 Å². The summed E-state index contributed by atoms with van der Waals surface area (Å²) in [6.45, 7) is 1.81. The summed E-state index contributed by atoms with van der Waals surface area (Å²) in [7, 11) is 0. The fourth-order valence-electron chi connectivity index (χ4n) is 5.26. The lowest BCUT2D eigenvalue weighted by atomic mass is 10.0. The summed E-state index contributed by atoms with van der Waals surface area (Å²) in [5.41, 5.74) is 4.49. The van der Waals surface area contributed by atoms with Crippen molar-refractivity contribution in [2.45, 2.75) is 31.7 Å². The van der Waals surface area contributed by atoms with Crippen molar-refractivity contribution in [1.82, 2.24) is 25.0 Å². The molecule has 0 spiro atoms. The maximum absolute atomic E-state index is 13.0. The van der Waals surface area contributed by atoms with Crippen LogP contribution < -0.4 is 5.32 Å². The first-order valence-corrected chi connectivity index (χ1v) is 13.4. The summed E-state index contributed by atoms with van der Waals surface area (Å²) < 4.78 is 5.85. The first-order valence-electron chi connectivity index (χ1n) is 13.0. The number of pyridine rings is 1. The van der Waals surface area contributed by atoms with Crippen molar-refractivity contribution in [3.05, 3.63) is 83.5 Å². The second kappa shape index (κ2) is 10.9. The number of hydrogen-bond donors (Lipinski definition) is 1. The molecule has 1 fully saturated rings. The summed E-state index contributed by atoms with van der Waals surface area (Å²) in [6, 6.07) is 17.2. The number of rotatable bonds is 5. The zero-order chi connectivity index (χ0) is 26.8. The number of piperidine rings is 1. The van der Waals surface area contributed by atoms with Gasteiger partial charge < -0.3 is 19.5 Å². The van der Waals surface area contributed by atoms with Crippen molar-refractivity contribution in [3.63, 3.8) is 0 Å². The first-order chi connectivity index (χ1) is 19.0. The Labute approximate surface area is 230 Å². The molecule has 2 aromatic heterocycles. The van der Waals surface area contributed by atoms with E-state index in [1.807, 2.05) is 52.3 Å². The molecule has 0 saturated carbocycles. The Balaban J connectivity index is 1.07. The van der Waals surface area contributed by atoms with E-state index in [0.717, 1.165) is 41.6 Å². The van der Waals surface area contributed by atoms with Crippen LogP contribution in [0.15, 0.2) is 71.4 Å². The molecule has 3 amide bonds. The van der Waals surface area contributed by atoms with Crippen molar-refractivity contribution in [3.8, 4) is 22.6 Å². The Bertz CT molecular complexity index is 1500. The van der Waals surface area contributed by atoms with Crippen LogP contribution in [0.25, 0.3) is 22.6 Å². The Morgan fingerprint density at radius 1 is 1.00 bits per heavy atom. The smallest absolute Gasteiger partial charge is 0.322 e. The number of hydrogen-bond acceptors (Lipinski definition) is 6. The lowest BCUT2D eigenvalue weighted by Crippen LogP contribution is -2.50. The maximum Gasteiger partial charge on any atom is 0.322 e. The Kier molecular flexibility index (Phi) is 6.98. The molecule has 10 heteroatoms. The van der Waals surface area contributed by atoms with Gasteiger partial charge in [0.1, 0.15) is 6.42 Å². The molecule has 6 rings (SSSR count). The minimum Gasteiger partial charge on any atom is -0.420 e. The molecule has 0 aliphatic carbocycles. The summed E-state index contributed by atoms with van der Waals surface area (Å²) in [5, 5.41) is 11.8. The number of fused-ring (bicyclic) bond motifs is 1. The Hall–Kier alpha value is -4.24. The predicted octanol–water partition coefficient (Wildman–Crippen LogP) is 5.08. The number of carbonyl (C=O) groups excluding carboxylic acids is 2. The average Bonchev–Trinajstić information content (AvgIpc) is 3.35. The van der Waals surface area contributed by atoms with Gasteiger partial charge in [0.2, 0.25) is 17.7 Å². The van der Waals surface area contributed by atoms with Gasteiger partial charge in [0, 0.05) is 59.9 Å². The maximum atomic E-state index is 13.0. The van der Waals surface area contributed by atoms with Crippen molar-refractivity contribution in [2.24, 2.45) is 0 Å².